The molecule has 1 unspecified atom stereocenters. The first-order chi connectivity index (χ1) is 7.75. The number of Topliss-reactive ketones (excluding diaryl/α,β-unsaturated/α-hetero) is 1. The fourth-order valence-corrected chi connectivity index (χ4v) is 3.08. The monoisotopic (exact) mass is 228 g/mol. The van der Waals surface area contributed by atoms with Crippen LogP contribution in [0, 0.1) is 5.92 Å². The lowest BCUT2D eigenvalue weighted by atomic mass is 9.84. The van der Waals surface area contributed by atoms with Crippen molar-refractivity contribution in [2.24, 2.45) is 5.92 Å². The van der Waals surface area contributed by atoms with Gasteiger partial charge >= 0.3 is 0 Å². The van der Waals surface area contributed by atoms with Gasteiger partial charge in [-0.2, -0.15) is 11.3 Å². The van der Waals surface area contributed by atoms with Gasteiger partial charge in [-0.1, -0.05) is 31.2 Å². The van der Waals surface area contributed by atoms with Crippen LogP contribution in [0.4, 0.5) is 0 Å². The molecule has 1 aromatic rings. The molecule has 0 saturated heterocycles. The van der Waals surface area contributed by atoms with Crippen molar-refractivity contribution in [3.05, 3.63) is 57.3 Å². The lowest BCUT2D eigenvalue weighted by Gasteiger charge is -2.17. The van der Waals surface area contributed by atoms with Crippen molar-refractivity contribution < 1.29 is 4.79 Å². The van der Waals surface area contributed by atoms with Gasteiger partial charge in [0.1, 0.15) is 0 Å². The van der Waals surface area contributed by atoms with E-state index in [-0.39, 0.29) is 5.78 Å². The van der Waals surface area contributed by atoms with Crippen molar-refractivity contribution in [3.8, 4) is 0 Å². The van der Waals surface area contributed by atoms with E-state index < -0.39 is 0 Å². The van der Waals surface area contributed by atoms with Gasteiger partial charge in [-0.25, -0.2) is 0 Å². The first kappa shape index (κ1) is 9.79. The van der Waals surface area contributed by atoms with Crippen molar-refractivity contribution in [1.82, 2.24) is 0 Å². The first-order valence-electron chi connectivity index (χ1n) is 5.45. The van der Waals surface area contributed by atoms with E-state index in [1.54, 1.807) is 11.3 Å². The van der Waals surface area contributed by atoms with Crippen LogP contribution in [0.2, 0.25) is 0 Å². The van der Waals surface area contributed by atoms with Gasteiger partial charge in [-0.3, -0.25) is 4.79 Å². The summed E-state index contributed by atoms with van der Waals surface area (Å²) in [5.74, 6) is 0.539. The quantitative estimate of drug-likeness (QED) is 0.663. The SMILES string of the molecule is CC1C=CC=C2Cc3cscc3C(=O)C2=C1. The molecule has 1 atom stereocenters. The highest BCUT2D eigenvalue weighted by atomic mass is 32.1. The smallest absolute Gasteiger partial charge is 0.194 e. The Morgan fingerprint density at radius 1 is 1.38 bits per heavy atom. The second-order valence-electron chi connectivity index (χ2n) is 4.33. The fourth-order valence-electron chi connectivity index (χ4n) is 2.25. The number of hydrogen-bond donors (Lipinski definition) is 0. The first-order valence-corrected chi connectivity index (χ1v) is 6.39. The summed E-state index contributed by atoms with van der Waals surface area (Å²) in [4.78, 5) is 12.3. The summed E-state index contributed by atoms with van der Waals surface area (Å²) in [6, 6.07) is 0. The largest absolute Gasteiger partial charge is 0.289 e. The molecule has 0 saturated carbocycles. The Balaban J connectivity index is 2.17. The number of thiophene rings is 1. The van der Waals surface area contributed by atoms with Gasteiger partial charge in [-0.15, -0.1) is 0 Å². The molecule has 16 heavy (non-hydrogen) atoms. The highest BCUT2D eigenvalue weighted by Crippen LogP contribution is 2.33. The molecule has 0 bridgehead atoms. The maximum Gasteiger partial charge on any atom is 0.194 e. The molecule has 0 fully saturated rings. The molecule has 1 aromatic heterocycles. The number of carbonyl (C=O) groups excluding carboxylic acids is 1. The van der Waals surface area contributed by atoms with Gasteiger partial charge in [-0.05, 0) is 28.9 Å². The maximum absolute atomic E-state index is 12.3. The summed E-state index contributed by atoms with van der Waals surface area (Å²) in [6.45, 7) is 2.11. The highest BCUT2D eigenvalue weighted by Gasteiger charge is 2.26. The van der Waals surface area contributed by atoms with E-state index in [0.717, 1.165) is 23.1 Å². The molecular weight excluding hydrogens is 216 g/mol. The van der Waals surface area contributed by atoms with Crippen LogP contribution in [0.3, 0.4) is 0 Å². The third-order valence-corrected chi connectivity index (χ3v) is 3.89. The normalized spacial score (nSPS) is 23.1. The average molecular weight is 228 g/mol. The van der Waals surface area contributed by atoms with Crippen LogP contribution in [-0.4, -0.2) is 5.78 Å². The molecule has 0 N–H and O–H groups in total. The predicted octanol–water partition coefficient (Wildman–Crippen LogP) is 3.55. The minimum atomic E-state index is 0.198. The van der Waals surface area contributed by atoms with Crippen molar-refractivity contribution in [3.63, 3.8) is 0 Å². The summed E-state index contributed by atoms with van der Waals surface area (Å²) in [6.07, 6.45) is 9.24. The molecule has 0 aromatic carbocycles. The van der Waals surface area contributed by atoms with Gasteiger partial charge in [0.2, 0.25) is 0 Å². The van der Waals surface area contributed by atoms with Crippen LogP contribution in [0.25, 0.3) is 0 Å². The number of fused-ring (bicyclic) bond motifs is 2. The third kappa shape index (κ3) is 1.41. The third-order valence-electron chi connectivity index (χ3n) is 3.10. The minimum Gasteiger partial charge on any atom is -0.289 e. The Morgan fingerprint density at radius 3 is 3.12 bits per heavy atom. The Morgan fingerprint density at radius 2 is 2.25 bits per heavy atom. The van der Waals surface area contributed by atoms with Gasteiger partial charge in [0.15, 0.2) is 5.78 Å². The van der Waals surface area contributed by atoms with Crippen LogP contribution < -0.4 is 0 Å². The molecule has 1 heterocycles. The van der Waals surface area contributed by atoms with Gasteiger partial charge in [0.25, 0.3) is 0 Å². The van der Waals surface area contributed by atoms with Crippen LogP contribution in [-0.2, 0) is 6.42 Å². The molecule has 0 aliphatic heterocycles. The zero-order chi connectivity index (χ0) is 11.1. The minimum absolute atomic E-state index is 0.198. The Bertz CT molecular complexity index is 543. The van der Waals surface area contributed by atoms with Crippen LogP contribution in [0.1, 0.15) is 22.8 Å². The molecule has 3 rings (SSSR count). The van der Waals surface area contributed by atoms with Gasteiger partial charge < -0.3 is 0 Å². The molecule has 2 aliphatic carbocycles. The van der Waals surface area contributed by atoms with Crippen molar-refractivity contribution in [1.29, 1.82) is 0 Å². The van der Waals surface area contributed by atoms with E-state index in [0.29, 0.717) is 5.92 Å². The number of rotatable bonds is 0. The van der Waals surface area contributed by atoms with E-state index in [2.05, 4.69) is 36.6 Å². The van der Waals surface area contributed by atoms with Crippen LogP contribution >= 0.6 is 11.3 Å². The Labute approximate surface area is 98.8 Å². The standard InChI is InChI=1S/C14H12OS/c1-9-3-2-4-10-6-11-7-16-8-13(11)14(15)12(10)5-9/h2-5,7-9H,6H2,1H3. The molecule has 0 radical (unpaired) electrons. The predicted molar refractivity (Wildman–Crippen MR) is 66.8 cm³/mol. The fraction of sp³-hybridized carbons (Fsp3) is 0.214. The molecule has 0 spiro atoms. The van der Waals surface area contributed by atoms with Gasteiger partial charge in [0.05, 0.1) is 0 Å². The Hall–Kier alpha value is -1.41. The summed E-state index contributed by atoms with van der Waals surface area (Å²) in [5.41, 5.74) is 4.16. The summed E-state index contributed by atoms with van der Waals surface area (Å²) < 4.78 is 0. The average Bonchev–Trinajstić information content (AvgIpc) is 2.63. The number of ketones is 1. The molecular formula is C14H12OS. The van der Waals surface area contributed by atoms with E-state index in [4.69, 9.17) is 0 Å². The van der Waals surface area contributed by atoms with Crippen molar-refractivity contribution in [2.75, 3.05) is 0 Å². The number of hydrogen-bond acceptors (Lipinski definition) is 2. The van der Waals surface area contributed by atoms with Gasteiger partial charge in [0, 0.05) is 16.5 Å². The van der Waals surface area contributed by atoms with Crippen molar-refractivity contribution in [2.45, 2.75) is 13.3 Å². The van der Waals surface area contributed by atoms with E-state index in [9.17, 15) is 4.79 Å². The topological polar surface area (TPSA) is 17.1 Å². The molecule has 2 heteroatoms. The summed E-state index contributed by atoms with van der Waals surface area (Å²) in [5, 5.41) is 4.06. The van der Waals surface area contributed by atoms with Crippen molar-refractivity contribution >= 4 is 17.1 Å². The highest BCUT2D eigenvalue weighted by molar-refractivity contribution is 7.08. The van der Waals surface area contributed by atoms with E-state index >= 15 is 0 Å². The zero-order valence-electron chi connectivity index (χ0n) is 9.07. The molecule has 2 aliphatic rings. The van der Waals surface area contributed by atoms with E-state index in [1.165, 1.54) is 5.56 Å². The lowest BCUT2D eigenvalue weighted by molar-refractivity contribution is 0.103. The number of allylic oxidation sites excluding steroid dienone is 6. The van der Waals surface area contributed by atoms with Crippen LogP contribution in [0.15, 0.2) is 46.2 Å². The summed E-state index contributed by atoms with van der Waals surface area (Å²) in [7, 11) is 0. The number of carbonyl (C=O) groups is 1. The van der Waals surface area contributed by atoms with E-state index in [1.807, 2.05) is 5.38 Å². The Kier molecular flexibility index (Phi) is 2.18. The second-order valence-corrected chi connectivity index (χ2v) is 5.08. The molecule has 1 nitrogen and oxygen atoms in total. The molecule has 0 amide bonds. The zero-order valence-corrected chi connectivity index (χ0v) is 9.88. The maximum atomic E-state index is 12.3. The lowest BCUT2D eigenvalue weighted by Crippen LogP contribution is -2.15. The second kappa shape index (κ2) is 3.56. The van der Waals surface area contributed by atoms with Crippen LogP contribution in [0.5, 0.6) is 0 Å². The molecule has 80 valence electrons. The summed E-state index contributed by atoms with van der Waals surface area (Å²) >= 11 is 1.62.